The minimum atomic E-state index is -0.0674. The molecular formula is C15H16N2O2. The predicted molar refractivity (Wildman–Crippen MR) is 74.3 cm³/mol. The molecule has 0 bridgehead atoms. The van der Waals surface area contributed by atoms with Crippen molar-refractivity contribution < 1.29 is 9.53 Å². The zero-order valence-corrected chi connectivity index (χ0v) is 11.3. The molecule has 2 rings (SSSR count). The number of aromatic nitrogens is 2. The first-order valence-electron chi connectivity index (χ1n) is 5.97. The number of methoxy groups -OCH3 is 1. The molecule has 2 aromatic rings. The highest BCUT2D eigenvalue weighted by molar-refractivity contribution is 6.06. The molecule has 1 aromatic heterocycles. The van der Waals surface area contributed by atoms with Crippen molar-refractivity contribution in [3.8, 4) is 5.75 Å². The van der Waals surface area contributed by atoms with Crippen molar-refractivity contribution in [3.05, 3.63) is 53.4 Å². The maximum absolute atomic E-state index is 12.0. The quantitative estimate of drug-likeness (QED) is 0.624. The average Bonchev–Trinajstić information content (AvgIpc) is 2.75. The van der Waals surface area contributed by atoms with E-state index in [9.17, 15) is 4.79 Å². The van der Waals surface area contributed by atoms with E-state index in [2.05, 4.69) is 5.10 Å². The van der Waals surface area contributed by atoms with E-state index in [1.807, 2.05) is 26.1 Å². The van der Waals surface area contributed by atoms with Gasteiger partial charge in [-0.25, -0.2) is 0 Å². The molecule has 0 unspecified atom stereocenters. The van der Waals surface area contributed by atoms with Crippen LogP contribution in [0, 0.1) is 6.92 Å². The summed E-state index contributed by atoms with van der Waals surface area (Å²) in [6.07, 6.45) is 3.24. The maximum atomic E-state index is 12.0. The number of aryl methyl sites for hydroxylation is 2. The van der Waals surface area contributed by atoms with Gasteiger partial charge in [-0.2, -0.15) is 5.10 Å². The van der Waals surface area contributed by atoms with Crippen LogP contribution in [-0.4, -0.2) is 22.7 Å². The summed E-state index contributed by atoms with van der Waals surface area (Å²) < 4.78 is 6.87. The van der Waals surface area contributed by atoms with Crippen LogP contribution < -0.4 is 4.74 Å². The van der Waals surface area contributed by atoms with Gasteiger partial charge in [-0.1, -0.05) is 12.1 Å². The van der Waals surface area contributed by atoms with Gasteiger partial charge >= 0.3 is 0 Å². The van der Waals surface area contributed by atoms with E-state index in [0.717, 1.165) is 11.4 Å². The van der Waals surface area contributed by atoms with Gasteiger partial charge in [0, 0.05) is 18.3 Å². The second kappa shape index (κ2) is 5.52. The maximum Gasteiger partial charge on any atom is 0.186 e. The topological polar surface area (TPSA) is 44.1 Å². The lowest BCUT2D eigenvalue weighted by Crippen LogP contribution is -1.95. The molecule has 0 aliphatic carbocycles. The molecule has 98 valence electrons. The molecule has 0 saturated heterocycles. The second-order valence-corrected chi connectivity index (χ2v) is 4.26. The van der Waals surface area contributed by atoms with Crippen molar-refractivity contribution in [1.29, 1.82) is 0 Å². The fourth-order valence-electron chi connectivity index (χ4n) is 1.70. The monoisotopic (exact) mass is 256 g/mol. The Balaban J connectivity index is 2.16. The normalized spacial score (nSPS) is 10.9. The number of carbonyl (C=O) groups is 1. The molecule has 0 aliphatic rings. The number of rotatable bonds is 4. The van der Waals surface area contributed by atoms with Crippen molar-refractivity contribution in [2.45, 2.75) is 6.92 Å². The minimum absolute atomic E-state index is 0.0674. The first-order chi connectivity index (χ1) is 9.10. The lowest BCUT2D eigenvalue weighted by molar-refractivity contribution is 0.104. The van der Waals surface area contributed by atoms with E-state index in [-0.39, 0.29) is 5.78 Å². The molecule has 0 saturated carbocycles. The Morgan fingerprint density at radius 1 is 1.37 bits per heavy atom. The summed E-state index contributed by atoms with van der Waals surface area (Å²) in [7, 11) is 3.45. The number of hydrogen-bond donors (Lipinski definition) is 0. The standard InChI is InChI=1S/C15H16N2O2/c1-11-9-13(16-17(11)2)7-8-15(18)12-5-4-6-14(10-12)19-3/h4-10H,1-3H3/b8-7+. The molecule has 0 spiro atoms. The minimum Gasteiger partial charge on any atom is -0.497 e. The summed E-state index contributed by atoms with van der Waals surface area (Å²) in [4.78, 5) is 12.0. The summed E-state index contributed by atoms with van der Waals surface area (Å²) in [5, 5.41) is 4.26. The van der Waals surface area contributed by atoms with Gasteiger partial charge in [0.1, 0.15) is 5.75 Å². The highest BCUT2D eigenvalue weighted by Crippen LogP contribution is 2.14. The zero-order chi connectivity index (χ0) is 13.8. The molecule has 4 nitrogen and oxygen atoms in total. The third-order valence-corrected chi connectivity index (χ3v) is 2.89. The molecule has 0 atom stereocenters. The van der Waals surface area contributed by atoms with Crippen LogP contribution in [0.1, 0.15) is 21.7 Å². The average molecular weight is 256 g/mol. The van der Waals surface area contributed by atoms with Crippen LogP contribution in [0.25, 0.3) is 6.08 Å². The number of nitrogens with zero attached hydrogens (tertiary/aromatic N) is 2. The SMILES string of the molecule is COc1cccc(C(=O)/C=C/c2cc(C)n(C)n2)c1. The molecule has 0 amide bonds. The van der Waals surface area contributed by atoms with Gasteiger partial charge < -0.3 is 4.74 Å². The second-order valence-electron chi connectivity index (χ2n) is 4.26. The molecule has 1 aromatic carbocycles. The Hall–Kier alpha value is -2.36. The molecule has 0 N–H and O–H groups in total. The van der Waals surface area contributed by atoms with Crippen LogP contribution in [0.5, 0.6) is 5.75 Å². The molecule has 0 aliphatic heterocycles. The highest BCUT2D eigenvalue weighted by Gasteiger charge is 2.04. The summed E-state index contributed by atoms with van der Waals surface area (Å²) in [6, 6.07) is 9.01. The van der Waals surface area contributed by atoms with Crippen LogP contribution >= 0.6 is 0 Å². The lowest BCUT2D eigenvalue weighted by atomic mass is 10.1. The van der Waals surface area contributed by atoms with E-state index in [0.29, 0.717) is 11.3 Å². The van der Waals surface area contributed by atoms with Crippen molar-refractivity contribution in [2.75, 3.05) is 7.11 Å². The van der Waals surface area contributed by atoms with Crippen molar-refractivity contribution in [1.82, 2.24) is 9.78 Å². The number of ketones is 1. The summed E-state index contributed by atoms with van der Waals surface area (Å²) in [5.41, 5.74) is 2.42. The first-order valence-corrected chi connectivity index (χ1v) is 5.97. The third-order valence-electron chi connectivity index (χ3n) is 2.89. The van der Waals surface area contributed by atoms with Gasteiger partial charge in [0.2, 0.25) is 0 Å². The van der Waals surface area contributed by atoms with Crippen LogP contribution in [0.2, 0.25) is 0 Å². The Kier molecular flexibility index (Phi) is 3.80. The third kappa shape index (κ3) is 3.10. The summed E-state index contributed by atoms with van der Waals surface area (Å²) in [5.74, 6) is 0.607. The van der Waals surface area contributed by atoms with Gasteiger partial charge in [-0.05, 0) is 37.3 Å². The van der Waals surface area contributed by atoms with Crippen molar-refractivity contribution >= 4 is 11.9 Å². The van der Waals surface area contributed by atoms with E-state index in [4.69, 9.17) is 4.74 Å². The molecule has 1 heterocycles. The molecule has 19 heavy (non-hydrogen) atoms. The van der Waals surface area contributed by atoms with E-state index in [1.165, 1.54) is 6.08 Å². The molecule has 0 fully saturated rings. The van der Waals surface area contributed by atoms with E-state index >= 15 is 0 Å². The first kappa shape index (κ1) is 13.1. The van der Waals surface area contributed by atoms with Crippen LogP contribution in [-0.2, 0) is 7.05 Å². The van der Waals surface area contributed by atoms with E-state index in [1.54, 1.807) is 36.1 Å². The fourth-order valence-corrected chi connectivity index (χ4v) is 1.70. The molecular weight excluding hydrogens is 240 g/mol. The predicted octanol–water partition coefficient (Wildman–Crippen LogP) is 2.63. The zero-order valence-electron chi connectivity index (χ0n) is 11.3. The lowest BCUT2D eigenvalue weighted by Gasteiger charge is -2.00. The number of carbonyl (C=O) groups excluding carboxylic acids is 1. The number of ether oxygens (including phenoxy) is 1. The molecule has 4 heteroatoms. The van der Waals surface area contributed by atoms with Gasteiger partial charge in [-0.15, -0.1) is 0 Å². The van der Waals surface area contributed by atoms with Crippen molar-refractivity contribution in [3.63, 3.8) is 0 Å². The number of allylic oxidation sites excluding steroid dienone is 1. The van der Waals surface area contributed by atoms with Crippen LogP contribution in [0.3, 0.4) is 0 Å². The summed E-state index contributed by atoms with van der Waals surface area (Å²) >= 11 is 0. The smallest absolute Gasteiger partial charge is 0.186 e. The van der Waals surface area contributed by atoms with Gasteiger partial charge in [0.05, 0.1) is 12.8 Å². The van der Waals surface area contributed by atoms with Crippen LogP contribution in [0.15, 0.2) is 36.4 Å². The van der Waals surface area contributed by atoms with Gasteiger partial charge in [0.15, 0.2) is 5.78 Å². The Morgan fingerprint density at radius 3 is 2.79 bits per heavy atom. The Bertz CT molecular complexity index is 607. The number of benzene rings is 1. The highest BCUT2D eigenvalue weighted by atomic mass is 16.5. The molecule has 0 radical (unpaired) electrons. The van der Waals surface area contributed by atoms with Gasteiger partial charge in [0.25, 0.3) is 0 Å². The Labute approximate surface area is 112 Å². The largest absolute Gasteiger partial charge is 0.497 e. The van der Waals surface area contributed by atoms with E-state index < -0.39 is 0 Å². The van der Waals surface area contributed by atoms with Gasteiger partial charge in [-0.3, -0.25) is 9.48 Å². The Morgan fingerprint density at radius 2 is 2.16 bits per heavy atom. The fraction of sp³-hybridized carbons (Fsp3) is 0.200. The number of hydrogen-bond acceptors (Lipinski definition) is 3. The summed E-state index contributed by atoms with van der Waals surface area (Å²) in [6.45, 7) is 1.97. The van der Waals surface area contributed by atoms with Crippen LogP contribution in [0.4, 0.5) is 0 Å². The van der Waals surface area contributed by atoms with Crippen molar-refractivity contribution in [2.24, 2.45) is 7.05 Å².